The lowest BCUT2D eigenvalue weighted by molar-refractivity contribution is 0.542. The maximum absolute atomic E-state index is 13.9. The Morgan fingerprint density at radius 2 is 1.02 bits per heavy atom. The second kappa shape index (κ2) is 10.4. The van der Waals surface area contributed by atoms with Crippen molar-refractivity contribution in [2.75, 3.05) is 0 Å². The largest absolute Gasteiger partial charge is 0.212 e. The zero-order valence-electron chi connectivity index (χ0n) is 23.9. The molecule has 0 heterocycles. The van der Waals surface area contributed by atoms with Crippen molar-refractivity contribution in [3.05, 3.63) is 136 Å². The SMILES string of the molecule is CC1CC(F)=CC=C1c1ccc2c(c1)C(=C(C#N)C#N)c1cc3c(cc1-2)-c1ccc(-c2ccc(F)cc2)cc1C3=C(C#N)C#N. The molecule has 3 aliphatic carbocycles. The molecule has 210 valence electrons. The molecule has 0 radical (unpaired) electrons. The highest BCUT2D eigenvalue weighted by atomic mass is 19.1. The molecule has 1 atom stereocenters. The molecular weight excluding hydrogens is 562 g/mol. The molecule has 0 amide bonds. The van der Waals surface area contributed by atoms with Crippen molar-refractivity contribution < 1.29 is 8.78 Å². The highest BCUT2D eigenvalue weighted by Gasteiger charge is 2.34. The summed E-state index contributed by atoms with van der Waals surface area (Å²) in [6, 6.07) is 29.9. The average molecular weight is 583 g/mol. The molecule has 0 saturated heterocycles. The summed E-state index contributed by atoms with van der Waals surface area (Å²) in [5.74, 6) is -0.562. The highest BCUT2D eigenvalue weighted by Crippen LogP contribution is 2.54. The molecule has 4 nitrogen and oxygen atoms in total. The van der Waals surface area contributed by atoms with Crippen molar-refractivity contribution in [2.45, 2.75) is 13.3 Å². The molecule has 0 bridgehead atoms. The molecule has 0 aromatic heterocycles. The smallest absolute Gasteiger partial charge is 0.138 e. The second-order valence-electron chi connectivity index (χ2n) is 11.3. The first kappa shape index (κ1) is 27.5. The van der Waals surface area contributed by atoms with E-state index in [0.717, 1.165) is 50.1 Å². The minimum atomic E-state index is -0.347. The van der Waals surface area contributed by atoms with Gasteiger partial charge in [-0.3, -0.25) is 0 Å². The first-order chi connectivity index (χ1) is 21.9. The van der Waals surface area contributed by atoms with Crippen molar-refractivity contribution in [1.29, 1.82) is 21.0 Å². The molecule has 0 aliphatic heterocycles. The quantitative estimate of drug-likeness (QED) is 0.190. The lowest BCUT2D eigenvalue weighted by atomic mass is 9.86. The normalized spacial score (nSPS) is 15.2. The summed E-state index contributed by atoms with van der Waals surface area (Å²) < 4.78 is 27.6. The molecule has 3 aliphatic rings. The topological polar surface area (TPSA) is 95.2 Å². The first-order valence-electron chi connectivity index (χ1n) is 14.3. The van der Waals surface area contributed by atoms with Crippen LogP contribution in [0.3, 0.4) is 0 Å². The Morgan fingerprint density at radius 3 is 1.56 bits per heavy atom. The Bertz CT molecular complexity index is 2280. The molecule has 1 unspecified atom stereocenters. The van der Waals surface area contributed by atoms with E-state index >= 15 is 0 Å². The summed E-state index contributed by atoms with van der Waals surface area (Å²) in [4.78, 5) is 0. The third kappa shape index (κ3) is 4.21. The van der Waals surface area contributed by atoms with E-state index < -0.39 is 0 Å². The predicted octanol–water partition coefficient (Wildman–Crippen LogP) is 9.43. The van der Waals surface area contributed by atoms with E-state index in [-0.39, 0.29) is 28.7 Å². The fourth-order valence-corrected chi connectivity index (χ4v) is 6.73. The lowest BCUT2D eigenvalue weighted by Gasteiger charge is -2.19. The van der Waals surface area contributed by atoms with Crippen LogP contribution in [0, 0.1) is 57.1 Å². The number of benzene rings is 4. The first-order valence-corrected chi connectivity index (χ1v) is 14.3. The molecule has 6 heteroatoms. The third-order valence-corrected chi connectivity index (χ3v) is 8.79. The molecule has 4 aromatic rings. The van der Waals surface area contributed by atoms with Crippen LogP contribution in [0.5, 0.6) is 0 Å². The standard InChI is InChI=1S/C39H20F2N4/c1-21-12-28(41)8-11-29(21)24-5-10-31-33-15-32-30-9-4-23(22-2-6-27(40)7-3-22)13-34(30)38(25(17-42)18-43)36(32)16-37(33)39(35(31)14-24)26(19-44)20-45/h2-11,13-16,21H,12H2,1H3. The zero-order valence-corrected chi connectivity index (χ0v) is 23.9. The van der Waals surface area contributed by atoms with Gasteiger partial charge in [0.05, 0.1) is 0 Å². The second-order valence-corrected chi connectivity index (χ2v) is 11.3. The number of nitriles is 4. The van der Waals surface area contributed by atoms with Crippen LogP contribution in [0.15, 0.2) is 102 Å². The maximum Gasteiger partial charge on any atom is 0.138 e. The van der Waals surface area contributed by atoms with Gasteiger partial charge in [-0.15, -0.1) is 0 Å². The summed E-state index contributed by atoms with van der Waals surface area (Å²) in [7, 11) is 0. The lowest BCUT2D eigenvalue weighted by Crippen LogP contribution is -2.03. The molecule has 4 aromatic carbocycles. The number of nitrogens with zero attached hydrogens (tertiary/aromatic N) is 4. The number of allylic oxidation sites excluding steroid dienone is 6. The number of fused-ring (bicyclic) bond motifs is 6. The fourth-order valence-electron chi connectivity index (χ4n) is 6.73. The maximum atomic E-state index is 13.9. The summed E-state index contributed by atoms with van der Waals surface area (Å²) in [5, 5.41) is 40.0. The Kier molecular flexibility index (Phi) is 6.37. The summed E-state index contributed by atoms with van der Waals surface area (Å²) >= 11 is 0. The minimum absolute atomic E-state index is 0.0427. The van der Waals surface area contributed by atoms with Gasteiger partial charge in [-0.05, 0) is 115 Å². The molecular formula is C39H20F2N4. The number of hydrogen-bond acceptors (Lipinski definition) is 4. The monoisotopic (exact) mass is 582 g/mol. The van der Waals surface area contributed by atoms with Crippen molar-refractivity contribution >= 4 is 16.7 Å². The van der Waals surface area contributed by atoms with Crippen LogP contribution in [0.1, 0.15) is 41.2 Å². The van der Waals surface area contributed by atoms with E-state index in [1.54, 1.807) is 18.2 Å². The van der Waals surface area contributed by atoms with E-state index in [9.17, 15) is 29.8 Å². The Hall–Kier alpha value is -6.34. The highest BCUT2D eigenvalue weighted by molar-refractivity contribution is 6.11. The van der Waals surface area contributed by atoms with Gasteiger partial charge in [0.15, 0.2) is 0 Å². The van der Waals surface area contributed by atoms with Gasteiger partial charge in [-0.25, -0.2) is 8.78 Å². The van der Waals surface area contributed by atoms with E-state index in [1.807, 2.05) is 67.6 Å². The van der Waals surface area contributed by atoms with Crippen LogP contribution in [-0.4, -0.2) is 0 Å². The van der Waals surface area contributed by atoms with Crippen molar-refractivity contribution in [3.63, 3.8) is 0 Å². The van der Waals surface area contributed by atoms with Crippen LogP contribution < -0.4 is 0 Å². The molecule has 7 rings (SSSR count). The molecule has 0 N–H and O–H groups in total. The van der Waals surface area contributed by atoms with Gasteiger partial charge in [0.1, 0.15) is 47.1 Å². The van der Waals surface area contributed by atoms with Crippen molar-refractivity contribution in [1.82, 2.24) is 0 Å². The van der Waals surface area contributed by atoms with Gasteiger partial charge in [-0.2, -0.15) is 21.0 Å². The summed E-state index contributed by atoms with van der Waals surface area (Å²) in [6.45, 7) is 1.96. The Labute approximate surface area is 258 Å². The number of halogens is 2. The summed E-state index contributed by atoms with van der Waals surface area (Å²) in [5.41, 5.74) is 10.4. The van der Waals surface area contributed by atoms with Gasteiger partial charge in [-0.1, -0.05) is 49.4 Å². The van der Waals surface area contributed by atoms with E-state index in [4.69, 9.17) is 0 Å². The third-order valence-electron chi connectivity index (χ3n) is 8.79. The van der Waals surface area contributed by atoms with Crippen LogP contribution in [0.25, 0.3) is 50.1 Å². The fraction of sp³-hybridized carbons (Fsp3) is 0.0769. The molecule has 0 saturated carbocycles. The van der Waals surface area contributed by atoms with Gasteiger partial charge in [0.25, 0.3) is 0 Å². The Morgan fingerprint density at radius 1 is 0.556 bits per heavy atom. The van der Waals surface area contributed by atoms with Crippen molar-refractivity contribution in [2.24, 2.45) is 5.92 Å². The molecule has 0 fully saturated rings. The van der Waals surface area contributed by atoms with Gasteiger partial charge in [0, 0.05) is 17.6 Å². The van der Waals surface area contributed by atoms with Gasteiger partial charge >= 0.3 is 0 Å². The Balaban J connectivity index is 1.48. The van der Waals surface area contributed by atoms with Crippen LogP contribution >= 0.6 is 0 Å². The van der Waals surface area contributed by atoms with Crippen molar-refractivity contribution in [3.8, 4) is 57.7 Å². The van der Waals surface area contributed by atoms with E-state index in [1.165, 1.54) is 18.2 Å². The molecule has 45 heavy (non-hydrogen) atoms. The molecule has 0 spiro atoms. The van der Waals surface area contributed by atoms with Crippen LogP contribution in [0.2, 0.25) is 0 Å². The van der Waals surface area contributed by atoms with Crippen LogP contribution in [-0.2, 0) is 0 Å². The van der Waals surface area contributed by atoms with Gasteiger partial charge in [0.2, 0.25) is 0 Å². The van der Waals surface area contributed by atoms with E-state index in [2.05, 4.69) is 12.1 Å². The zero-order chi connectivity index (χ0) is 31.4. The summed E-state index contributed by atoms with van der Waals surface area (Å²) in [6.07, 6.45) is 3.56. The minimum Gasteiger partial charge on any atom is -0.212 e. The average Bonchev–Trinajstić information content (AvgIpc) is 3.53. The van der Waals surface area contributed by atoms with Crippen LogP contribution in [0.4, 0.5) is 8.78 Å². The predicted molar refractivity (Wildman–Crippen MR) is 168 cm³/mol. The number of hydrogen-bond donors (Lipinski definition) is 0. The van der Waals surface area contributed by atoms with Gasteiger partial charge < -0.3 is 0 Å². The van der Waals surface area contributed by atoms with E-state index in [0.29, 0.717) is 34.3 Å². The number of rotatable bonds is 2.